The lowest BCUT2D eigenvalue weighted by Gasteiger charge is -2.13. The van der Waals surface area contributed by atoms with Crippen molar-refractivity contribution in [2.75, 3.05) is 6.61 Å². The summed E-state index contributed by atoms with van der Waals surface area (Å²) in [7, 11) is 0. The number of benzene rings is 2. The quantitative estimate of drug-likeness (QED) is 0.886. The standard InChI is InChI=1S/C16H17ClO2/c1-2-10-19-15-5-3-4-13(11-15)16(18)12-6-8-14(17)9-7-12/h3-9,11,16,18H,2,10H2,1H3. The summed E-state index contributed by atoms with van der Waals surface area (Å²) >= 11 is 5.84. The Kier molecular flexibility index (Phi) is 4.83. The molecule has 100 valence electrons. The predicted molar refractivity (Wildman–Crippen MR) is 77.7 cm³/mol. The van der Waals surface area contributed by atoms with Crippen molar-refractivity contribution in [2.24, 2.45) is 0 Å². The maximum Gasteiger partial charge on any atom is 0.119 e. The fourth-order valence-electron chi connectivity index (χ4n) is 1.83. The van der Waals surface area contributed by atoms with E-state index >= 15 is 0 Å². The summed E-state index contributed by atoms with van der Waals surface area (Å²) in [5.41, 5.74) is 1.63. The van der Waals surface area contributed by atoms with Crippen LogP contribution in [-0.2, 0) is 0 Å². The zero-order chi connectivity index (χ0) is 13.7. The summed E-state index contributed by atoms with van der Waals surface area (Å²) in [4.78, 5) is 0. The average Bonchev–Trinajstić information content (AvgIpc) is 2.45. The van der Waals surface area contributed by atoms with Gasteiger partial charge in [-0.05, 0) is 41.8 Å². The van der Waals surface area contributed by atoms with E-state index in [0.29, 0.717) is 11.6 Å². The molecule has 3 heteroatoms. The van der Waals surface area contributed by atoms with Crippen molar-refractivity contribution in [2.45, 2.75) is 19.4 Å². The van der Waals surface area contributed by atoms with Crippen LogP contribution in [0.15, 0.2) is 48.5 Å². The largest absolute Gasteiger partial charge is 0.494 e. The zero-order valence-electron chi connectivity index (χ0n) is 10.8. The number of ether oxygens (including phenoxy) is 1. The van der Waals surface area contributed by atoms with Crippen molar-refractivity contribution in [1.29, 1.82) is 0 Å². The van der Waals surface area contributed by atoms with Gasteiger partial charge in [0.25, 0.3) is 0 Å². The van der Waals surface area contributed by atoms with Crippen molar-refractivity contribution in [3.05, 3.63) is 64.7 Å². The molecule has 0 aliphatic carbocycles. The van der Waals surface area contributed by atoms with Gasteiger partial charge in [-0.3, -0.25) is 0 Å². The van der Waals surface area contributed by atoms with E-state index in [0.717, 1.165) is 23.3 Å². The minimum absolute atomic E-state index is 0.663. The van der Waals surface area contributed by atoms with Crippen LogP contribution in [0.25, 0.3) is 0 Å². The second kappa shape index (κ2) is 6.60. The molecule has 1 atom stereocenters. The van der Waals surface area contributed by atoms with Gasteiger partial charge in [-0.25, -0.2) is 0 Å². The first-order valence-electron chi connectivity index (χ1n) is 6.37. The number of hydrogen-bond donors (Lipinski definition) is 1. The molecule has 2 rings (SSSR count). The third-order valence-electron chi connectivity index (χ3n) is 2.83. The molecule has 0 fully saturated rings. The molecule has 2 nitrogen and oxygen atoms in total. The Bertz CT molecular complexity index is 523. The maximum atomic E-state index is 10.3. The molecule has 0 heterocycles. The van der Waals surface area contributed by atoms with Gasteiger partial charge in [0.2, 0.25) is 0 Å². The summed E-state index contributed by atoms with van der Waals surface area (Å²) in [6.45, 7) is 2.74. The Morgan fingerprint density at radius 3 is 2.53 bits per heavy atom. The lowest BCUT2D eigenvalue weighted by Crippen LogP contribution is -2.01. The first-order chi connectivity index (χ1) is 9.20. The molecule has 0 radical (unpaired) electrons. The van der Waals surface area contributed by atoms with Gasteiger partial charge in [-0.1, -0.05) is 42.8 Å². The van der Waals surface area contributed by atoms with Gasteiger partial charge >= 0.3 is 0 Å². The summed E-state index contributed by atoms with van der Waals surface area (Å²) in [6.07, 6.45) is 0.298. The minimum Gasteiger partial charge on any atom is -0.494 e. The molecule has 2 aromatic rings. The number of halogens is 1. The number of aliphatic hydroxyl groups excluding tert-OH is 1. The Hall–Kier alpha value is -1.51. The molecule has 0 aliphatic rings. The van der Waals surface area contributed by atoms with Crippen LogP contribution >= 0.6 is 11.6 Å². The van der Waals surface area contributed by atoms with E-state index in [2.05, 4.69) is 6.92 Å². The van der Waals surface area contributed by atoms with Crippen LogP contribution in [0.1, 0.15) is 30.6 Å². The van der Waals surface area contributed by atoms with Crippen molar-refractivity contribution < 1.29 is 9.84 Å². The van der Waals surface area contributed by atoms with E-state index in [-0.39, 0.29) is 0 Å². The highest BCUT2D eigenvalue weighted by atomic mass is 35.5. The van der Waals surface area contributed by atoms with Crippen LogP contribution in [0.5, 0.6) is 5.75 Å². The van der Waals surface area contributed by atoms with Crippen LogP contribution in [0.2, 0.25) is 5.02 Å². The summed E-state index contributed by atoms with van der Waals surface area (Å²) < 4.78 is 5.57. The fourth-order valence-corrected chi connectivity index (χ4v) is 1.96. The first kappa shape index (κ1) is 13.9. The van der Waals surface area contributed by atoms with Gasteiger partial charge in [0.1, 0.15) is 11.9 Å². The highest BCUT2D eigenvalue weighted by molar-refractivity contribution is 6.30. The van der Waals surface area contributed by atoms with Gasteiger partial charge < -0.3 is 9.84 Å². The predicted octanol–water partition coefficient (Wildman–Crippen LogP) is 4.21. The number of aliphatic hydroxyl groups is 1. The van der Waals surface area contributed by atoms with Gasteiger partial charge in [0, 0.05) is 5.02 Å². The maximum absolute atomic E-state index is 10.3. The molecule has 0 aliphatic heterocycles. The molecule has 0 aromatic heterocycles. The average molecular weight is 277 g/mol. The summed E-state index contributed by atoms with van der Waals surface area (Å²) in [5.74, 6) is 0.785. The zero-order valence-corrected chi connectivity index (χ0v) is 11.6. The first-order valence-corrected chi connectivity index (χ1v) is 6.75. The van der Waals surface area contributed by atoms with E-state index in [4.69, 9.17) is 16.3 Å². The molecule has 2 aromatic carbocycles. The molecule has 0 saturated carbocycles. The smallest absolute Gasteiger partial charge is 0.119 e. The van der Waals surface area contributed by atoms with Gasteiger partial charge in [0.05, 0.1) is 6.61 Å². The number of hydrogen-bond acceptors (Lipinski definition) is 2. The molecule has 0 saturated heterocycles. The Labute approximate surface area is 118 Å². The Morgan fingerprint density at radius 2 is 1.84 bits per heavy atom. The third-order valence-corrected chi connectivity index (χ3v) is 3.08. The summed E-state index contributed by atoms with van der Waals surface area (Å²) in [6, 6.07) is 14.7. The normalized spacial score (nSPS) is 12.2. The van der Waals surface area contributed by atoms with Crippen molar-refractivity contribution in [1.82, 2.24) is 0 Å². The van der Waals surface area contributed by atoms with Crippen LogP contribution in [-0.4, -0.2) is 11.7 Å². The lowest BCUT2D eigenvalue weighted by molar-refractivity contribution is 0.219. The lowest BCUT2D eigenvalue weighted by atomic mass is 10.0. The second-order valence-electron chi connectivity index (χ2n) is 4.38. The van der Waals surface area contributed by atoms with Gasteiger partial charge in [-0.2, -0.15) is 0 Å². The monoisotopic (exact) mass is 276 g/mol. The molecule has 0 bridgehead atoms. The van der Waals surface area contributed by atoms with Crippen LogP contribution in [0.4, 0.5) is 0 Å². The van der Waals surface area contributed by atoms with E-state index in [1.54, 1.807) is 12.1 Å². The molecule has 1 unspecified atom stereocenters. The van der Waals surface area contributed by atoms with Crippen LogP contribution in [0.3, 0.4) is 0 Å². The third kappa shape index (κ3) is 3.72. The molecular weight excluding hydrogens is 260 g/mol. The van der Waals surface area contributed by atoms with Crippen molar-refractivity contribution in [3.63, 3.8) is 0 Å². The van der Waals surface area contributed by atoms with Crippen LogP contribution in [0, 0.1) is 0 Å². The molecule has 19 heavy (non-hydrogen) atoms. The van der Waals surface area contributed by atoms with E-state index in [1.807, 2.05) is 36.4 Å². The van der Waals surface area contributed by atoms with Crippen molar-refractivity contribution >= 4 is 11.6 Å². The Balaban J connectivity index is 2.18. The van der Waals surface area contributed by atoms with Gasteiger partial charge in [-0.15, -0.1) is 0 Å². The Morgan fingerprint density at radius 1 is 1.11 bits per heavy atom. The van der Waals surface area contributed by atoms with E-state index < -0.39 is 6.10 Å². The molecule has 0 amide bonds. The summed E-state index contributed by atoms with van der Waals surface area (Å²) in [5, 5.41) is 11.0. The topological polar surface area (TPSA) is 29.5 Å². The SMILES string of the molecule is CCCOc1cccc(C(O)c2ccc(Cl)cc2)c1. The van der Waals surface area contributed by atoms with Crippen molar-refractivity contribution in [3.8, 4) is 5.75 Å². The van der Waals surface area contributed by atoms with E-state index in [9.17, 15) is 5.11 Å². The van der Waals surface area contributed by atoms with E-state index in [1.165, 1.54) is 0 Å². The molecule has 1 N–H and O–H groups in total. The highest BCUT2D eigenvalue weighted by Crippen LogP contribution is 2.26. The minimum atomic E-state index is -0.664. The number of rotatable bonds is 5. The van der Waals surface area contributed by atoms with Gasteiger partial charge in [0.15, 0.2) is 0 Å². The molecular formula is C16H17ClO2. The molecule has 0 spiro atoms. The second-order valence-corrected chi connectivity index (χ2v) is 4.81. The van der Waals surface area contributed by atoms with Crippen LogP contribution < -0.4 is 4.74 Å². The highest BCUT2D eigenvalue weighted by Gasteiger charge is 2.11. The fraction of sp³-hybridized carbons (Fsp3) is 0.250.